The van der Waals surface area contributed by atoms with Gasteiger partial charge in [0.05, 0.1) is 42.7 Å². The zero-order valence-corrected chi connectivity index (χ0v) is 32.2. The predicted octanol–water partition coefficient (Wildman–Crippen LogP) is 2.08. The quantitative estimate of drug-likeness (QED) is 0.104. The first kappa shape index (κ1) is 43.0. The Balaban J connectivity index is 1.99. The van der Waals surface area contributed by atoms with Crippen LogP contribution in [0.15, 0.2) is 36.4 Å². The second-order valence-corrected chi connectivity index (χ2v) is 11.9. The number of rotatable bonds is 18. The lowest BCUT2D eigenvalue weighted by molar-refractivity contribution is -0.144. The van der Waals surface area contributed by atoms with E-state index in [-0.39, 0.29) is 53.8 Å². The molecule has 18 nitrogen and oxygen atoms in total. The summed E-state index contributed by atoms with van der Waals surface area (Å²) in [5.41, 5.74) is 4.00. The third-order valence-corrected chi connectivity index (χ3v) is 8.38. The summed E-state index contributed by atoms with van der Waals surface area (Å²) >= 11 is 0. The van der Waals surface area contributed by atoms with Gasteiger partial charge in [0.25, 0.3) is 0 Å². The molecule has 0 aliphatic heterocycles. The van der Waals surface area contributed by atoms with Gasteiger partial charge >= 0.3 is 35.8 Å². The summed E-state index contributed by atoms with van der Waals surface area (Å²) in [5.74, 6) is -3.38. The first-order valence-electron chi connectivity index (χ1n) is 17.1. The predicted molar refractivity (Wildman–Crippen MR) is 193 cm³/mol. The molecule has 0 saturated heterocycles. The summed E-state index contributed by atoms with van der Waals surface area (Å²) in [6.45, 7) is -2.89. The fourth-order valence-electron chi connectivity index (χ4n) is 5.39. The fraction of sp³-hybridized carbons (Fsp3) is 0.385. The molecule has 0 amide bonds. The molecular weight excluding hydrogens is 756 g/mol. The number of hydrogen-bond acceptors (Lipinski definition) is 18. The lowest BCUT2D eigenvalue weighted by atomic mass is 9.94. The molecule has 3 aromatic carbocycles. The standard InChI is InChI=1S/C39H42O18/c1-46-34(40)16-52-28-10-22-7-24-12-30(54-18-36(42)48-3)32(56-20-38(44)50-5)14-26(24)9-27-15-33(57-21-39(45)51-6)31(55-19-37(43)49-4)13-25(27)8-23(22)11-29(28)53-17-35(41)47-2/h10-15H,7-9,16-21H2,1-6H3. The van der Waals surface area contributed by atoms with Crippen molar-refractivity contribution in [2.24, 2.45) is 0 Å². The maximum absolute atomic E-state index is 12.1. The van der Waals surface area contributed by atoms with E-state index in [2.05, 4.69) is 0 Å². The van der Waals surface area contributed by atoms with Gasteiger partial charge < -0.3 is 56.8 Å². The maximum atomic E-state index is 12.1. The topological polar surface area (TPSA) is 213 Å². The average molecular weight is 799 g/mol. The van der Waals surface area contributed by atoms with E-state index in [9.17, 15) is 28.8 Å². The number of fused-ring (bicyclic) bond motifs is 3. The van der Waals surface area contributed by atoms with Crippen molar-refractivity contribution in [2.75, 3.05) is 82.3 Å². The Bertz CT molecular complexity index is 1610. The zero-order chi connectivity index (χ0) is 41.5. The molecule has 0 saturated carbocycles. The second-order valence-electron chi connectivity index (χ2n) is 11.9. The van der Waals surface area contributed by atoms with Crippen LogP contribution in [0.2, 0.25) is 0 Å². The van der Waals surface area contributed by atoms with Crippen molar-refractivity contribution in [2.45, 2.75) is 19.3 Å². The molecule has 4 rings (SSSR count). The summed E-state index contributed by atoms with van der Waals surface area (Å²) in [7, 11) is 7.23. The van der Waals surface area contributed by atoms with Crippen molar-refractivity contribution in [3.8, 4) is 34.5 Å². The Morgan fingerprint density at radius 1 is 0.316 bits per heavy atom. The van der Waals surface area contributed by atoms with Crippen LogP contribution in [-0.4, -0.2) is 118 Å². The molecule has 1 aliphatic carbocycles. The van der Waals surface area contributed by atoms with Crippen LogP contribution < -0.4 is 28.4 Å². The van der Waals surface area contributed by atoms with Gasteiger partial charge in [-0.3, -0.25) is 0 Å². The molecule has 57 heavy (non-hydrogen) atoms. The number of esters is 6. The summed E-state index contributed by atoms with van der Waals surface area (Å²) < 4.78 is 63.4. The van der Waals surface area contributed by atoms with Crippen molar-refractivity contribution < 1.29 is 85.6 Å². The molecular formula is C39H42O18. The van der Waals surface area contributed by atoms with E-state index >= 15 is 0 Å². The molecule has 18 heteroatoms. The van der Waals surface area contributed by atoms with Crippen molar-refractivity contribution in [1.29, 1.82) is 0 Å². The second kappa shape index (κ2) is 20.8. The van der Waals surface area contributed by atoms with Crippen LogP contribution in [0.3, 0.4) is 0 Å². The van der Waals surface area contributed by atoms with Crippen LogP contribution in [0, 0.1) is 0 Å². The summed E-state index contributed by atoms with van der Waals surface area (Å²) in [6.07, 6.45) is 0.606. The molecule has 0 heterocycles. The normalized spacial score (nSPS) is 11.3. The van der Waals surface area contributed by atoms with E-state index in [1.807, 2.05) is 0 Å². The van der Waals surface area contributed by atoms with Crippen molar-refractivity contribution >= 4 is 35.8 Å². The molecule has 0 spiro atoms. The van der Waals surface area contributed by atoms with Gasteiger partial charge in [-0.15, -0.1) is 0 Å². The lowest BCUT2D eigenvalue weighted by Gasteiger charge is -2.19. The maximum Gasteiger partial charge on any atom is 0.343 e. The van der Waals surface area contributed by atoms with Crippen LogP contribution in [0.25, 0.3) is 0 Å². The van der Waals surface area contributed by atoms with Crippen molar-refractivity contribution in [3.63, 3.8) is 0 Å². The highest BCUT2D eigenvalue weighted by Gasteiger charge is 2.25. The number of ether oxygens (including phenoxy) is 12. The van der Waals surface area contributed by atoms with Gasteiger partial charge in [-0.05, 0) is 89.0 Å². The fourth-order valence-corrected chi connectivity index (χ4v) is 5.39. The Morgan fingerprint density at radius 3 is 0.579 bits per heavy atom. The molecule has 0 radical (unpaired) electrons. The monoisotopic (exact) mass is 798 g/mol. The number of methoxy groups -OCH3 is 6. The largest absolute Gasteiger partial charge is 0.478 e. The van der Waals surface area contributed by atoms with E-state index < -0.39 is 75.5 Å². The molecule has 0 aromatic heterocycles. The molecule has 0 bridgehead atoms. The van der Waals surface area contributed by atoms with Crippen LogP contribution in [0.4, 0.5) is 0 Å². The third kappa shape index (κ3) is 12.1. The molecule has 0 atom stereocenters. The van der Waals surface area contributed by atoms with E-state index in [4.69, 9.17) is 56.8 Å². The van der Waals surface area contributed by atoms with Gasteiger partial charge in [0.15, 0.2) is 74.1 Å². The van der Waals surface area contributed by atoms with Crippen LogP contribution in [-0.2, 0) is 76.5 Å². The highest BCUT2D eigenvalue weighted by atomic mass is 16.6. The van der Waals surface area contributed by atoms with E-state index in [0.717, 1.165) is 0 Å². The molecule has 0 unspecified atom stereocenters. The summed E-state index contributed by atoms with van der Waals surface area (Å²) in [4.78, 5) is 72.7. The van der Waals surface area contributed by atoms with Gasteiger partial charge in [-0.1, -0.05) is 0 Å². The van der Waals surface area contributed by atoms with Crippen LogP contribution in [0.1, 0.15) is 33.4 Å². The van der Waals surface area contributed by atoms with E-state index in [0.29, 0.717) is 33.4 Å². The van der Waals surface area contributed by atoms with Crippen molar-refractivity contribution in [3.05, 3.63) is 69.8 Å². The van der Waals surface area contributed by atoms with Gasteiger partial charge in [-0.2, -0.15) is 0 Å². The molecule has 0 N–H and O–H groups in total. The first-order valence-corrected chi connectivity index (χ1v) is 17.1. The highest BCUT2D eigenvalue weighted by Crippen LogP contribution is 2.41. The summed E-state index contributed by atoms with van der Waals surface area (Å²) in [6, 6.07) is 9.91. The third-order valence-electron chi connectivity index (χ3n) is 8.38. The van der Waals surface area contributed by atoms with Gasteiger partial charge in [0.1, 0.15) is 0 Å². The number of carbonyl (C=O) groups excluding carboxylic acids is 6. The van der Waals surface area contributed by atoms with Crippen LogP contribution >= 0.6 is 0 Å². The Labute approximate surface area is 327 Å². The van der Waals surface area contributed by atoms with Gasteiger partial charge in [0.2, 0.25) is 0 Å². The summed E-state index contributed by atoms with van der Waals surface area (Å²) in [5, 5.41) is 0. The Kier molecular flexibility index (Phi) is 15.7. The molecule has 0 fully saturated rings. The molecule has 306 valence electrons. The smallest absolute Gasteiger partial charge is 0.343 e. The Hall–Kier alpha value is -6.72. The number of carbonyl (C=O) groups is 6. The van der Waals surface area contributed by atoms with Gasteiger partial charge in [0, 0.05) is 0 Å². The van der Waals surface area contributed by atoms with E-state index in [1.165, 1.54) is 42.7 Å². The van der Waals surface area contributed by atoms with E-state index in [1.54, 1.807) is 36.4 Å². The number of hydrogen-bond donors (Lipinski definition) is 0. The lowest BCUT2D eigenvalue weighted by Crippen LogP contribution is -2.16. The zero-order valence-electron chi connectivity index (χ0n) is 32.2. The minimum Gasteiger partial charge on any atom is -0.478 e. The minimum atomic E-state index is -0.673. The molecule has 3 aromatic rings. The highest BCUT2D eigenvalue weighted by molar-refractivity contribution is 5.74. The van der Waals surface area contributed by atoms with Crippen LogP contribution in [0.5, 0.6) is 34.5 Å². The Morgan fingerprint density at radius 2 is 0.456 bits per heavy atom. The van der Waals surface area contributed by atoms with Crippen molar-refractivity contribution in [1.82, 2.24) is 0 Å². The average Bonchev–Trinajstić information content (AvgIpc) is 3.28. The SMILES string of the molecule is COC(=O)COc1cc2c(cc1OCC(=O)OC)Cc1cc(OCC(=O)OC)c(OCC(=O)OC)cc1Cc1cc(OCC(=O)OC)c(OCC(=O)OC)cc1C2. The number of benzene rings is 3. The minimum absolute atomic E-state index is 0.109. The molecule has 1 aliphatic rings. The first-order chi connectivity index (χ1) is 27.4. The van der Waals surface area contributed by atoms with Gasteiger partial charge in [-0.25, -0.2) is 28.8 Å².